The molecule has 2 saturated carbocycles. The molecule has 0 heterocycles. The van der Waals surface area contributed by atoms with Crippen LogP contribution in [0.25, 0.3) is 0 Å². The molecule has 92 valence electrons. The summed E-state index contributed by atoms with van der Waals surface area (Å²) in [5.41, 5.74) is 0. The van der Waals surface area contributed by atoms with Gasteiger partial charge in [-0.05, 0) is 37.0 Å². The Balaban J connectivity index is 1.60. The molecule has 2 aliphatic rings. The SMILES string of the molecule is COCCNCC(=O)CC1CC2CCC1C2. The molecular weight excluding hydrogens is 202 g/mol. The minimum Gasteiger partial charge on any atom is -0.383 e. The highest BCUT2D eigenvalue weighted by molar-refractivity contribution is 5.80. The van der Waals surface area contributed by atoms with Gasteiger partial charge >= 0.3 is 0 Å². The Labute approximate surface area is 97.9 Å². The van der Waals surface area contributed by atoms with Crippen molar-refractivity contribution in [2.75, 3.05) is 26.8 Å². The van der Waals surface area contributed by atoms with Gasteiger partial charge < -0.3 is 10.1 Å². The summed E-state index contributed by atoms with van der Waals surface area (Å²) >= 11 is 0. The van der Waals surface area contributed by atoms with Gasteiger partial charge in [0.15, 0.2) is 0 Å². The summed E-state index contributed by atoms with van der Waals surface area (Å²) in [6.45, 7) is 1.98. The Morgan fingerprint density at radius 3 is 2.88 bits per heavy atom. The lowest BCUT2D eigenvalue weighted by atomic mass is 9.85. The van der Waals surface area contributed by atoms with Crippen molar-refractivity contribution in [2.45, 2.75) is 32.1 Å². The summed E-state index contributed by atoms with van der Waals surface area (Å²) < 4.78 is 4.92. The largest absolute Gasteiger partial charge is 0.383 e. The van der Waals surface area contributed by atoms with Gasteiger partial charge in [0.25, 0.3) is 0 Å². The van der Waals surface area contributed by atoms with Crippen LogP contribution < -0.4 is 5.32 Å². The van der Waals surface area contributed by atoms with Crippen molar-refractivity contribution >= 4 is 5.78 Å². The highest BCUT2D eigenvalue weighted by atomic mass is 16.5. The van der Waals surface area contributed by atoms with Gasteiger partial charge in [-0.3, -0.25) is 4.79 Å². The van der Waals surface area contributed by atoms with Crippen molar-refractivity contribution in [3.8, 4) is 0 Å². The number of ketones is 1. The topological polar surface area (TPSA) is 38.3 Å². The molecule has 2 rings (SSSR count). The smallest absolute Gasteiger partial charge is 0.146 e. The van der Waals surface area contributed by atoms with Crippen molar-refractivity contribution in [3.05, 3.63) is 0 Å². The number of fused-ring (bicyclic) bond motifs is 2. The maximum atomic E-state index is 11.7. The average molecular weight is 225 g/mol. The van der Waals surface area contributed by atoms with Gasteiger partial charge in [-0.2, -0.15) is 0 Å². The fraction of sp³-hybridized carbons (Fsp3) is 0.923. The van der Waals surface area contributed by atoms with Gasteiger partial charge in [0.1, 0.15) is 5.78 Å². The lowest BCUT2D eigenvalue weighted by molar-refractivity contribution is -0.119. The molecule has 0 aromatic heterocycles. The molecule has 0 aromatic rings. The third-order valence-electron chi connectivity index (χ3n) is 4.18. The Morgan fingerprint density at radius 1 is 1.38 bits per heavy atom. The fourth-order valence-electron chi connectivity index (χ4n) is 3.39. The summed E-state index contributed by atoms with van der Waals surface area (Å²) in [5, 5.41) is 3.13. The quantitative estimate of drug-likeness (QED) is 0.669. The number of rotatable bonds is 7. The van der Waals surface area contributed by atoms with E-state index in [-0.39, 0.29) is 0 Å². The summed E-state index contributed by atoms with van der Waals surface area (Å²) in [6.07, 6.45) is 6.31. The maximum Gasteiger partial charge on any atom is 0.146 e. The highest BCUT2D eigenvalue weighted by Crippen LogP contribution is 2.49. The zero-order valence-electron chi connectivity index (χ0n) is 10.2. The molecule has 3 atom stereocenters. The minimum absolute atomic E-state index is 0.383. The molecule has 3 unspecified atom stereocenters. The number of methoxy groups -OCH3 is 1. The van der Waals surface area contributed by atoms with Crippen LogP contribution in [0.4, 0.5) is 0 Å². The summed E-state index contributed by atoms with van der Waals surface area (Å²) in [7, 11) is 1.68. The molecule has 0 saturated heterocycles. The van der Waals surface area contributed by atoms with Gasteiger partial charge in [-0.1, -0.05) is 6.42 Å². The first kappa shape index (κ1) is 12.1. The highest BCUT2D eigenvalue weighted by Gasteiger charge is 2.39. The van der Waals surface area contributed by atoms with Crippen molar-refractivity contribution < 1.29 is 9.53 Å². The van der Waals surface area contributed by atoms with Crippen LogP contribution in [-0.2, 0) is 9.53 Å². The van der Waals surface area contributed by atoms with Gasteiger partial charge in [-0.15, -0.1) is 0 Å². The molecule has 16 heavy (non-hydrogen) atoms. The van der Waals surface area contributed by atoms with Crippen LogP contribution in [-0.4, -0.2) is 32.6 Å². The number of carbonyl (C=O) groups is 1. The lowest BCUT2D eigenvalue weighted by Crippen LogP contribution is -2.28. The van der Waals surface area contributed by atoms with E-state index in [9.17, 15) is 4.79 Å². The van der Waals surface area contributed by atoms with E-state index in [1.807, 2.05) is 0 Å². The molecule has 0 aliphatic heterocycles. The third-order valence-corrected chi connectivity index (χ3v) is 4.18. The Hall–Kier alpha value is -0.410. The van der Waals surface area contributed by atoms with E-state index in [1.165, 1.54) is 25.7 Å². The van der Waals surface area contributed by atoms with E-state index in [2.05, 4.69) is 5.32 Å². The molecule has 0 aromatic carbocycles. The number of nitrogens with one attached hydrogen (secondary N) is 1. The number of hydrogen-bond donors (Lipinski definition) is 1. The lowest BCUT2D eigenvalue weighted by Gasteiger charge is -2.20. The Kier molecular flexibility index (Phi) is 4.36. The van der Waals surface area contributed by atoms with Gasteiger partial charge in [0.05, 0.1) is 13.2 Å². The summed E-state index contributed by atoms with van der Waals surface area (Å²) in [6, 6.07) is 0. The third kappa shape index (κ3) is 3.05. The minimum atomic E-state index is 0.383. The second-order valence-electron chi connectivity index (χ2n) is 5.35. The zero-order chi connectivity index (χ0) is 11.4. The molecule has 0 spiro atoms. The number of ether oxygens (including phenoxy) is 1. The molecule has 0 amide bonds. The predicted molar refractivity (Wildman–Crippen MR) is 63.3 cm³/mol. The van der Waals surface area contributed by atoms with Crippen molar-refractivity contribution in [1.29, 1.82) is 0 Å². The van der Waals surface area contributed by atoms with Crippen LogP contribution in [0.15, 0.2) is 0 Å². The van der Waals surface area contributed by atoms with Crippen LogP contribution in [0.1, 0.15) is 32.1 Å². The van der Waals surface area contributed by atoms with Crippen LogP contribution in [0.2, 0.25) is 0 Å². The second kappa shape index (κ2) is 5.78. The van der Waals surface area contributed by atoms with Crippen LogP contribution in [0, 0.1) is 17.8 Å². The number of hydrogen-bond acceptors (Lipinski definition) is 3. The van der Waals surface area contributed by atoms with E-state index in [0.29, 0.717) is 24.9 Å². The normalized spacial score (nSPS) is 32.2. The molecule has 2 aliphatic carbocycles. The molecular formula is C13H23NO2. The first-order valence-corrected chi connectivity index (χ1v) is 6.51. The van der Waals surface area contributed by atoms with Gasteiger partial charge in [0, 0.05) is 20.1 Å². The van der Waals surface area contributed by atoms with E-state index in [4.69, 9.17) is 4.74 Å². The van der Waals surface area contributed by atoms with Crippen molar-refractivity contribution in [3.63, 3.8) is 0 Å². The van der Waals surface area contributed by atoms with Gasteiger partial charge in [-0.25, -0.2) is 0 Å². The molecule has 0 radical (unpaired) electrons. The maximum absolute atomic E-state index is 11.7. The number of carbonyl (C=O) groups excluding carboxylic acids is 1. The van der Waals surface area contributed by atoms with E-state index in [1.54, 1.807) is 7.11 Å². The van der Waals surface area contributed by atoms with E-state index in [0.717, 1.165) is 24.8 Å². The standard InChI is InChI=1S/C13H23NO2/c1-16-5-4-14-9-13(15)8-12-7-10-2-3-11(12)6-10/h10-12,14H,2-9H2,1H3. The number of Topliss-reactive ketones (excluding diaryl/α,β-unsaturated/α-hetero) is 1. The zero-order valence-corrected chi connectivity index (χ0v) is 10.2. The molecule has 2 fully saturated rings. The molecule has 3 nitrogen and oxygen atoms in total. The van der Waals surface area contributed by atoms with Crippen LogP contribution in [0.3, 0.4) is 0 Å². The Bertz CT molecular complexity index is 242. The van der Waals surface area contributed by atoms with Crippen molar-refractivity contribution in [2.24, 2.45) is 17.8 Å². The first-order valence-electron chi connectivity index (χ1n) is 6.51. The van der Waals surface area contributed by atoms with E-state index < -0.39 is 0 Å². The molecule has 1 N–H and O–H groups in total. The fourth-order valence-corrected chi connectivity index (χ4v) is 3.39. The van der Waals surface area contributed by atoms with Crippen LogP contribution in [0.5, 0.6) is 0 Å². The molecule has 3 heteroatoms. The van der Waals surface area contributed by atoms with Crippen molar-refractivity contribution in [1.82, 2.24) is 5.32 Å². The predicted octanol–water partition coefficient (Wildman–Crippen LogP) is 1.62. The van der Waals surface area contributed by atoms with Gasteiger partial charge in [0.2, 0.25) is 0 Å². The summed E-state index contributed by atoms with van der Waals surface area (Å²) in [5.74, 6) is 2.90. The average Bonchev–Trinajstić information content (AvgIpc) is 2.86. The van der Waals surface area contributed by atoms with E-state index >= 15 is 0 Å². The Morgan fingerprint density at radius 2 is 2.25 bits per heavy atom. The monoisotopic (exact) mass is 225 g/mol. The first-order chi connectivity index (χ1) is 7.79. The molecule has 2 bridgehead atoms. The summed E-state index contributed by atoms with van der Waals surface area (Å²) in [4.78, 5) is 11.7. The van der Waals surface area contributed by atoms with Crippen LogP contribution >= 0.6 is 0 Å². The second-order valence-corrected chi connectivity index (χ2v) is 5.35.